The van der Waals surface area contributed by atoms with Crippen molar-refractivity contribution in [3.63, 3.8) is 0 Å². The molecule has 0 saturated heterocycles. The second-order valence-electron chi connectivity index (χ2n) is 8.20. The monoisotopic (exact) mass is 450 g/mol. The Hall–Kier alpha value is -3.14. The Morgan fingerprint density at radius 2 is 1.94 bits per heavy atom. The maximum absolute atomic E-state index is 13.2. The van der Waals surface area contributed by atoms with Crippen molar-refractivity contribution in [1.29, 1.82) is 10.5 Å². The minimum atomic E-state index is -0.379. The van der Waals surface area contributed by atoms with Gasteiger partial charge < -0.3 is 16.8 Å². The summed E-state index contributed by atoms with van der Waals surface area (Å²) < 4.78 is 0. The van der Waals surface area contributed by atoms with Gasteiger partial charge >= 0.3 is 0 Å². The van der Waals surface area contributed by atoms with Crippen LogP contribution in [0, 0.1) is 28.6 Å². The molecule has 31 heavy (non-hydrogen) atoms. The van der Waals surface area contributed by atoms with Gasteiger partial charge in [0.15, 0.2) is 0 Å². The molecule has 3 heterocycles. The maximum atomic E-state index is 13.2. The van der Waals surface area contributed by atoms with Crippen LogP contribution in [0.4, 0.5) is 16.5 Å². The molecule has 1 unspecified atom stereocenters. The number of nitrogens with zero attached hydrogens (tertiary/aromatic N) is 3. The van der Waals surface area contributed by atoms with Crippen molar-refractivity contribution in [3.8, 4) is 12.1 Å². The van der Waals surface area contributed by atoms with E-state index in [9.17, 15) is 15.3 Å². The fraction of sp³-hybridized carbons (Fsp3) is 0.364. The number of pyridine rings is 1. The van der Waals surface area contributed by atoms with Crippen LogP contribution in [0.3, 0.4) is 0 Å². The minimum Gasteiger partial charge on any atom is -0.397 e. The van der Waals surface area contributed by atoms with Gasteiger partial charge in [-0.1, -0.05) is 20.8 Å². The molecule has 1 aliphatic rings. The van der Waals surface area contributed by atoms with Crippen molar-refractivity contribution in [2.45, 2.75) is 46.0 Å². The van der Waals surface area contributed by atoms with Gasteiger partial charge in [-0.3, -0.25) is 4.79 Å². The second-order valence-corrected chi connectivity index (χ2v) is 10.3. The van der Waals surface area contributed by atoms with Gasteiger partial charge in [0, 0.05) is 10.3 Å². The molecule has 158 valence electrons. The molecule has 0 spiro atoms. The van der Waals surface area contributed by atoms with Gasteiger partial charge in [0.25, 0.3) is 5.91 Å². The highest BCUT2D eigenvalue weighted by molar-refractivity contribution is 7.21. The minimum absolute atomic E-state index is 0.0218. The molecule has 7 nitrogen and oxygen atoms in total. The predicted molar refractivity (Wildman–Crippen MR) is 125 cm³/mol. The number of carbonyl (C=O) groups is 1. The lowest BCUT2D eigenvalue weighted by Crippen LogP contribution is -2.12. The van der Waals surface area contributed by atoms with E-state index in [1.54, 1.807) is 0 Å². The number of hydrogen-bond donors (Lipinski definition) is 3. The summed E-state index contributed by atoms with van der Waals surface area (Å²) >= 11 is 2.62. The fourth-order valence-corrected chi connectivity index (χ4v) is 6.55. The largest absolute Gasteiger partial charge is 0.397 e. The molecule has 0 fully saturated rings. The number of carbonyl (C=O) groups excluding carboxylic acids is 1. The van der Waals surface area contributed by atoms with E-state index in [1.165, 1.54) is 16.2 Å². The lowest BCUT2D eigenvalue weighted by atomic mass is 9.89. The average Bonchev–Trinajstić information content (AvgIpc) is 3.22. The summed E-state index contributed by atoms with van der Waals surface area (Å²) in [5, 5.41) is 23.3. The molecular formula is C22H22N6OS2. The quantitative estimate of drug-likeness (QED) is 0.525. The van der Waals surface area contributed by atoms with Gasteiger partial charge in [-0.05, 0) is 42.2 Å². The molecule has 0 saturated carbocycles. The van der Waals surface area contributed by atoms with E-state index in [2.05, 4.69) is 29.4 Å². The summed E-state index contributed by atoms with van der Waals surface area (Å²) in [7, 11) is 0. The van der Waals surface area contributed by atoms with Crippen molar-refractivity contribution in [3.05, 3.63) is 32.0 Å². The third-order valence-corrected chi connectivity index (χ3v) is 7.96. The van der Waals surface area contributed by atoms with Crippen molar-refractivity contribution < 1.29 is 4.79 Å². The van der Waals surface area contributed by atoms with Crippen LogP contribution in [0.1, 0.15) is 69.9 Å². The Morgan fingerprint density at radius 3 is 2.58 bits per heavy atom. The van der Waals surface area contributed by atoms with E-state index >= 15 is 0 Å². The normalized spacial score (nSPS) is 15.5. The molecule has 1 amide bonds. The molecule has 5 N–H and O–H groups in total. The van der Waals surface area contributed by atoms with Gasteiger partial charge in [-0.25, -0.2) is 4.98 Å². The third kappa shape index (κ3) is 3.40. The number of nitriles is 2. The number of hydrogen-bond acceptors (Lipinski definition) is 8. The van der Waals surface area contributed by atoms with Crippen molar-refractivity contribution in [2.75, 3.05) is 16.8 Å². The summed E-state index contributed by atoms with van der Waals surface area (Å²) in [6.45, 7) is 6.09. The highest BCUT2D eigenvalue weighted by Crippen LogP contribution is 2.42. The van der Waals surface area contributed by atoms with Gasteiger partial charge in [-0.2, -0.15) is 10.5 Å². The van der Waals surface area contributed by atoms with Gasteiger partial charge in [0.2, 0.25) is 0 Å². The number of rotatable bonds is 3. The number of thiophene rings is 2. The summed E-state index contributed by atoms with van der Waals surface area (Å²) in [6, 6.07) is 4.38. The molecule has 0 aromatic carbocycles. The Balaban J connectivity index is 1.78. The van der Waals surface area contributed by atoms with E-state index in [0.29, 0.717) is 48.4 Å². The van der Waals surface area contributed by atoms with Gasteiger partial charge in [-0.15, -0.1) is 22.7 Å². The van der Waals surface area contributed by atoms with Crippen LogP contribution in [-0.2, 0) is 12.8 Å². The second kappa shape index (κ2) is 7.84. The number of nitrogens with one attached hydrogen (secondary N) is 1. The molecule has 3 aromatic heterocycles. The number of anilines is 3. The first-order valence-corrected chi connectivity index (χ1v) is 11.7. The van der Waals surface area contributed by atoms with Crippen LogP contribution < -0.4 is 16.8 Å². The highest BCUT2D eigenvalue weighted by atomic mass is 32.1. The maximum Gasteiger partial charge on any atom is 0.268 e. The first-order chi connectivity index (χ1) is 14.8. The molecule has 0 aliphatic heterocycles. The fourth-order valence-electron chi connectivity index (χ4n) is 4.18. The molecule has 4 rings (SSSR count). The zero-order chi connectivity index (χ0) is 22.4. The van der Waals surface area contributed by atoms with Crippen molar-refractivity contribution in [2.24, 2.45) is 5.92 Å². The van der Waals surface area contributed by atoms with E-state index in [4.69, 9.17) is 11.5 Å². The Kier molecular flexibility index (Phi) is 5.34. The Bertz CT molecular complexity index is 1300. The van der Waals surface area contributed by atoms with E-state index < -0.39 is 0 Å². The SMILES string of the molecule is CC1CCc2c(sc(NC(=O)c3sc4nc(N)c(C#N)c(C(C)C)c4c3N)c2C#N)C1. The molecule has 1 atom stereocenters. The number of amides is 1. The first kappa shape index (κ1) is 21.1. The molecule has 9 heteroatoms. The lowest BCUT2D eigenvalue weighted by Gasteiger charge is -2.17. The molecule has 3 aromatic rings. The lowest BCUT2D eigenvalue weighted by molar-refractivity contribution is 0.103. The number of nitrogens with two attached hydrogens (primary N) is 2. The van der Waals surface area contributed by atoms with Crippen LogP contribution in [0.15, 0.2) is 0 Å². The highest BCUT2D eigenvalue weighted by Gasteiger charge is 2.28. The zero-order valence-corrected chi connectivity index (χ0v) is 19.1. The Labute approximate surface area is 188 Å². The van der Waals surface area contributed by atoms with Crippen LogP contribution >= 0.6 is 22.7 Å². The summed E-state index contributed by atoms with van der Waals surface area (Å²) in [6.07, 6.45) is 2.82. The average molecular weight is 451 g/mol. The summed E-state index contributed by atoms with van der Waals surface area (Å²) in [5.41, 5.74) is 15.3. The molecular weight excluding hydrogens is 428 g/mol. The van der Waals surface area contributed by atoms with Crippen LogP contribution in [0.2, 0.25) is 0 Å². The summed E-state index contributed by atoms with van der Waals surface area (Å²) in [4.78, 5) is 19.5. The van der Waals surface area contributed by atoms with Crippen molar-refractivity contribution >= 4 is 55.3 Å². The number of aromatic nitrogens is 1. The zero-order valence-electron chi connectivity index (χ0n) is 17.5. The van der Waals surface area contributed by atoms with Gasteiger partial charge in [0.05, 0.1) is 16.8 Å². The van der Waals surface area contributed by atoms with Crippen molar-refractivity contribution in [1.82, 2.24) is 4.98 Å². The number of nitrogen functional groups attached to an aromatic ring is 2. The van der Waals surface area contributed by atoms with E-state index in [1.807, 2.05) is 13.8 Å². The van der Waals surface area contributed by atoms with E-state index in [-0.39, 0.29) is 17.6 Å². The van der Waals surface area contributed by atoms with Gasteiger partial charge in [0.1, 0.15) is 32.7 Å². The topological polar surface area (TPSA) is 142 Å². The molecule has 1 aliphatic carbocycles. The van der Waals surface area contributed by atoms with E-state index in [0.717, 1.165) is 36.2 Å². The smallest absolute Gasteiger partial charge is 0.268 e. The van der Waals surface area contributed by atoms with Crippen LogP contribution in [-0.4, -0.2) is 10.9 Å². The predicted octanol–water partition coefficient (Wildman–Crippen LogP) is 4.77. The Morgan fingerprint density at radius 1 is 1.23 bits per heavy atom. The summed E-state index contributed by atoms with van der Waals surface area (Å²) in [5.74, 6) is 0.306. The third-order valence-electron chi connectivity index (χ3n) is 5.69. The number of fused-ring (bicyclic) bond motifs is 2. The molecule has 0 bridgehead atoms. The van der Waals surface area contributed by atoms with Crippen LogP contribution in [0.5, 0.6) is 0 Å². The van der Waals surface area contributed by atoms with Crippen LogP contribution in [0.25, 0.3) is 10.2 Å². The first-order valence-electron chi connectivity index (χ1n) is 10.0. The standard InChI is InChI=1S/C22H22N6OS2/c1-9(2)15-13(8-24)19(26)27-22-16(15)17(25)18(31-22)20(29)28-21-12(7-23)11-5-4-10(3)6-14(11)30-21/h9-10H,4-6,25H2,1-3H3,(H2,26,27)(H,28,29). The molecule has 0 radical (unpaired) electrons.